The van der Waals surface area contributed by atoms with Gasteiger partial charge in [0, 0.05) is 18.7 Å². The van der Waals surface area contributed by atoms with Crippen molar-refractivity contribution in [1.82, 2.24) is 4.90 Å². The zero-order valence-corrected chi connectivity index (χ0v) is 17.4. The van der Waals surface area contributed by atoms with Crippen molar-refractivity contribution in [2.75, 3.05) is 26.3 Å². The van der Waals surface area contributed by atoms with Crippen LogP contribution in [-0.2, 0) is 19.1 Å². The number of carbonyl (C=O) groups excluding carboxylic acids is 3. The van der Waals surface area contributed by atoms with E-state index < -0.39 is 5.97 Å². The van der Waals surface area contributed by atoms with Gasteiger partial charge in [0.05, 0.1) is 29.7 Å². The lowest BCUT2D eigenvalue weighted by Gasteiger charge is -2.30. The van der Waals surface area contributed by atoms with Crippen LogP contribution in [-0.4, -0.2) is 49.0 Å². The number of esters is 2. The molecule has 2 aromatic carbocycles. The van der Waals surface area contributed by atoms with Gasteiger partial charge in [-0.2, -0.15) is 5.26 Å². The first-order valence-corrected chi connectivity index (χ1v) is 10.2. The van der Waals surface area contributed by atoms with Crippen LogP contribution in [0.2, 0.25) is 0 Å². The minimum absolute atomic E-state index is 0.196. The quantitative estimate of drug-likeness (QED) is 0.666. The summed E-state index contributed by atoms with van der Waals surface area (Å²) in [5.74, 6) is -1.35. The lowest BCUT2D eigenvalue weighted by atomic mass is 9.96. The Morgan fingerprint density at radius 3 is 2.32 bits per heavy atom. The summed E-state index contributed by atoms with van der Waals surface area (Å²) in [6, 6.07) is 16.0. The van der Waals surface area contributed by atoms with E-state index in [0.717, 1.165) is 0 Å². The van der Waals surface area contributed by atoms with E-state index in [9.17, 15) is 19.6 Å². The van der Waals surface area contributed by atoms with Crippen LogP contribution in [0, 0.1) is 17.2 Å². The number of hydrogen-bond donors (Lipinski definition) is 0. The van der Waals surface area contributed by atoms with Crippen LogP contribution < -0.4 is 0 Å². The highest BCUT2D eigenvalue weighted by Crippen LogP contribution is 2.27. The Morgan fingerprint density at radius 1 is 1.00 bits per heavy atom. The van der Waals surface area contributed by atoms with Crippen molar-refractivity contribution in [2.45, 2.75) is 19.8 Å². The van der Waals surface area contributed by atoms with Gasteiger partial charge < -0.3 is 14.4 Å². The maximum Gasteiger partial charge on any atom is 0.339 e. The molecule has 1 fully saturated rings. The first kappa shape index (κ1) is 22.0. The average Bonchev–Trinajstić information content (AvgIpc) is 2.82. The molecule has 7 nitrogen and oxygen atoms in total. The molecular formula is C24H24N2O5. The van der Waals surface area contributed by atoms with Crippen molar-refractivity contribution in [3.63, 3.8) is 0 Å². The molecule has 0 bridgehead atoms. The number of nitriles is 1. The number of likely N-dealkylation sites (tertiary alicyclic amines) is 1. The maximum atomic E-state index is 12.7. The van der Waals surface area contributed by atoms with Crippen LogP contribution in [0.15, 0.2) is 48.5 Å². The topological polar surface area (TPSA) is 96.7 Å². The summed E-state index contributed by atoms with van der Waals surface area (Å²) in [7, 11) is 0. The van der Waals surface area contributed by atoms with E-state index in [0.29, 0.717) is 54.8 Å². The molecule has 1 aliphatic heterocycles. The Balaban J connectivity index is 1.62. The van der Waals surface area contributed by atoms with Gasteiger partial charge >= 0.3 is 11.9 Å². The predicted molar refractivity (Wildman–Crippen MR) is 113 cm³/mol. The molecule has 0 aromatic heterocycles. The molecular weight excluding hydrogens is 396 g/mol. The number of piperidine rings is 1. The Labute approximate surface area is 181 Å². The highest BCUT2D eigenvalue weighted by atomic mass is 16.5. The molecule has 0 radical (unpaired) electrons. The average molecular weight is 420 g/mol. The van der Waals surface area contributed by atoms with Crippen LogP contribution in [0.3, 0.4) is 0 Å². The van der Waals surface area contributed by atoms with Crippen molar-refractivity contribution in [1.29, 1.82) is 5.26 Å². The third kappa shape index (κ3) is 5.28. The summed E-state index contributed by atoms with van der Waals surface area (Å²) in [4.78, 5) is 38.6. The molecule has 160 valence electrons. The molecule has 0 aliphatic carbocycles. The fourth-order valence-electron chi connectivity index (χ4n) is 3.63. The van der Waals surface area contributed by atoms with Crippen LogP contribution in [0.5, 0.6) is 0 Å². The van der Waals surface area contributed by atoms with Crippen molar-refractivity contribution < 1.29 is 23.9 Å². The van der Waals surface area contributed by atoms with Gasteiger partial charge in [-0.1, -0.05) is 36.4 Å². The summed E-state index contributed by atoms with van der Waals surface area (Å²) in [5.41, 5.74) is 1.94. The van der Waals surface area contributed by atoms with E-state index in [1.807, 2.05) is 0 Å². The fourth-order valence-corrected chi connectivity index (χ4v) is 3.63. The standard InChI is InChI=1S/C24H24N2O5/c1-2-30-23(28)17-11-13-26(14-12-17)22(27)16-31-24(29)21-10-6-5-9-20(21)19-8-4-3-7-18(19)15-25/h3-10,17H,2,11-14,16H2,1H3. The van der Waals surface area contributed by atoms with Gasteiger partial charge in [-0.15, -0.1) is 0 Å². The van der Waals surface area contributed by atoms with Gasteiger partial charge in [0.25, 0.3) is 5.91 Å². The molecule has 0 spiro atoms. The van der Waals surface area contributed by atoms with Gasteiger partial charge in [0.2, 0.25) is 0 Å². The van der Waals surface area contributed by atoms with Crippen molar-refractivity contribution >= 4 is 17.8 Å². The zero-order chi connectivity index (χ0) is 22.2. The van der Waals surface area contributed by atoms with E-state index in [4.69, 9.17) is 9.47 Å². The zero-order valence-electron chi connectivity index (χ0n) is 17.4. The minimum Gasteiger partial charge on any atom is -0.466 e. The predicted octanol–water partition coefficient (Wildman–Crippen LogP) is 3.18. The Bertz CT molecular complexity index is 1000. The molecule has 31 heavy (non-hydrogen) atoms. The maximum absolute atomic E-state index is 12.7. The number of nitrogens with zero attached hydrogens (tertiary/aromatic N) is 2. The summed E-state index contributed by atoms with van der Waals surface area (Å²) in [6.07, 6.45) is 1.07. The van der Waals surface area contributed by atoms with Crippen molar-refractivity contribution in [3.05, 3.63) is 59.7 Å². The third-order valence-corrected chi connectivity index (χ3v) is 5.28. The van der Waals surface area contributed by atoms with E-state index >= 15 is 0 Å². The summed E-state index contributed by atoms with van der Waals surface area (Å²) < 4.78 is 10.3. The number of carbonyl (C=O) groups is 3. The summed E-state index contributed by atoms with van der Waals surface area (Å²) in [5, 5.41) is 9.37. The molecule has 0 N–H and O–H groups in total. The molecule has 3 rings (SSSR count). The first-order valence-electron chi connectivity index (χ1n) is 10.2. The molecule has 1 amide bonds. The van der Waals surface area contributed by atoms with Crippen molar-refractivity contribution in [2.24, 2.45) is 5.92 Å². The van der Waals surface area contributed by atoms with Crippen LogP contribution in [0.25, 0.3) is 11.1 Å². The number of benzene rings is 2. The molecule has 1 heterocycles. The van der Waals surface area contributed by atoms with E-state index in [2.05, 4.69) is 6.07 Å². The van der Waals surface area contributed by atoms with Gasteiger partial charge in [-0.05, 0) is 37.5 Å². The first-order chi connectivity index (χ1) is 15.0. The Kier molecular flexibility index (Phi) is 7.39. The van der Waals surface area contributed by atoms with Crippen LogP contribution >= 0.6 is 0 Å². The SMILES string of the molecule is CCOC(=O)C1CCN(C(=O)COC(=O)c2ccccc2-c2ccccc2C#N)CC1. The monoisotopic (exact) mass is 420 g/mol. The van der Waals surface area contributed by atoms with Crippen LogP contribution in [0.4, 0.5) is 0 Å². The van der Waals surface area contributed by atoms with Crippen molar-refractivity contribution in [3.8, 4) is 17.2 Å². The molecule has 2 aromatic rings. The molecule has 7 heteroatoms. The number of ether oxygens (including phenoxy) is 2. The highest BCUT2D eigenvalue weighted by molar-refractivity contribution is 5.99. The van der Waals surface area contributed by atoms with E-state index in [1.165, 1.54) is 0 Å². The second-order valence-electron chi connectivity index (χ2n) is 7.19. The fraction of sp³-hybridized carbons (Fsp3) is 0.333. The Hall–Kier alpha value is -3.66. The van der Waals surface area contributed by atoms with E-state index in [1.54, 1.807) is 60.4 Å². The molecule has 1 saturated heterocycles. The third-order valence-electron chi connectivity index (χ3n) is 5.28. The molecule has 0 saturated carbocycles. The Morgan fingerprint density at radius 2 is 1.65 bits per heavy atom. The van der Waals surface area contributed by atoms with Gasteiger partial charge in [0.1, 0.15) is 0 Å². The number of hydrogen-bond acceptors (Lipinski definition) is 6. The number of amides is 1. The van der Waals surface area contributed by atoms with Gasteiger partial charge in [-0.25, -0.2) is 4.79 Å². The minimum atomic E-state index is -0.627. The second kappa shape index (κ2) is 10.4. The molecule has 0 atom stereocenters. The highest BCUT2D eigenvalue weighted by Gasteiger charge is 2.28. The lowest BCUT2D eigenvalue weighted by Crippen LogP contribution is -2.42. The normalized spacial score (nSPS) is 13.9. The smallest absolute Gasteiger partial charge is 0.339 e. The number of rotatable bonds is 6. The molecule has 1 aliphatic rings. The largest absolute Gasteiger partial charge is 0.466 e. The summed E-state index contributed by atoms with van der Waals surface area (Å²) >= 11 is 0. The van der Waals surface area contributed by atoms with E-state index in [-0.39, 0.29) is 24.4 Å². The van der Waals surface area contributed by atoms with Crippen LogP contribution in [0.1, 0.15) is 35.7 Å². The summed E-state index contributed by atoms with van der Waals surface area (Å²) in [6.45, 7) is 2.57. The second-order valence-corrected chi connectivity index (χ2v) is 7.19. The molecule has 0 unspecified atom stereocenters. The lowest BCUT2D eigenvalue weighted by molar-refractivity contribution is -0.151. The van der Waals surface area contributed by atoms with Gasteiger partial charge in [0.15, 0.2) is 6.61 Å². The van der Waals surface area contributed by atoms with Gasteiger partial charge in [-0.3, -0.25) is 9.59 Å².